The molecule has 0 aliphatic carbocycles. The molecule has 0 aliphatic rings. The van der Waals surface area contributed by atoms with E-state index in [0.717, 1.165) is 6.07 Å². The lowest BCUT2D eigenvalue weighted by Gasteiger charge is -2.11. The van der Waals surface area contributed by atoms with Crippen LogP contribution in [0.5, 0.6) is 5.75 Å². The number of anilines is 1. The maximum atomic E-state index is 13.7. The molecule has 6 nitrogen and oxygen atoms in total. The van der Waals surface area contributed by atoms with Gasteiger partial charge in [0.15, 0.2) is 11.6 Å². The van der Waals surface area contributed by atoms with E-state index in [9.17, 15) is 27.2 Å². The smallest absolute Gasteiger partial charge is 0.416 e. The molecule has 0 bridgehead atoms. The molecule has 0 radical (unpaired) electrons. The van der Waals surface area contributed by atoms with Crippen LogP contribution in [0.4, 0.5) is 23.4 Å². The number of aromatic nitrogens is 1. The van der Waals surface area contributed by atoms with Gasteiger partial charge in [-0.1, -0.05) is 13.8 Å². The molecule has 0 fully saturated rings. The van der Waals surface area contributed by atoms with Crippen molar-refractivity contribution < 1.29 is 31.9 Å². The van der Waals surface area contributed by atoms with E-state index in [0.29, 0.717) is 12.1 Å². The van der Waals surface area contributed by atoms with Crippen molar-refractivity contribution in [2.24, 2.45) is 5.92 Å². The molecule has 1 aromatic heterocycles. The second kappa shape index (κ2) is 9.35. The Kier molecular flexibility index (Phi) is 7.13. The van der Waals surface area contributed by atoms with Crippen molar-refractivity contribution in [1.29, 1.82) is 0 Å². The Bertz CT molecular complexity index is 885. The number of carbonyl (C=O) groups excluding carboxylic acids is 2. The minimum atomic E-state index is -4.65. The van der Waals surface area contributed by atoms with Gasteiger partial charge in [0, 0.05) is 17.7 Å². The normalized spacial score (nSPS) is 11.3. The van der Waals surface area contributed by atoms with E-state index in [1.54, 1.807) is 13.8 Å². The predicted octanol–water partition coefficient (Wildman–Crippen LogP) is 3.64. The van der Waals surface area contributed by atoms with Crippen LogP contribution < -0.4 is 15.4 Å². The number of nitrogens with zero attached hydrogens (tertiary/aromatic N) is 1. The van der Waals surface area contributed by atoms with E-state index in [1.807, 2.05) is 0 Å². The number of carbonyl (C=O) groups is 2. The van der Waals surface area contributed by atoms with E-state index in [4.69, 9.17) is 4.74 Å². The molecule has 2 N–H and O–H groups in total. The summed E-state index contributed by atoms with van der Waals surface area (Å²) in [5, 5.41) is 5.09. The van der Waals surface area contributed by atoms with Crippen molar-refractivity contribution in [3.05, 3.63) is 53.5 Å². The number of hydrogen-bond acceptors (Lipinski definition) is 4. The number of pyridine rings is 1. The lowest BCUT2D eigenvalue weighted by Crippen LogP contribution is -2.28. The Hall–Kier alpha value is -3.17. The molecule has 0 aliphatic heterocycles. The highest BCUT2D eigenvalue weighted by Crippen LogP contribution is 2.31. The predicted molar refractivity (Wildman–Crippen MR) is 96.9 cm³/mol. The SMILES string of the molecule is CC(C)C(=O)Nc1cc(C(=O)NCCOc2ccc(C(F)(F)F)cc2F)ccn1. The van der Waals surface area contributed by atoms with Gasteiger partial charge in [-0.15, -0.1) is 0 Å². The van der Waals surface area contributed by atoms with Crippen LogP contribution in [0.2, 0.25) is 0 Å². The topological polar surface area (TPSA) is 80.3 Å². The highest BCUT2D eigenvalue weighted by atomic mass is 19.4. The number of nitrogens with one attached hydrogen (secondary N) is 2. The molecule has 29 heavy (non-hydrogen) atoms. The van der Waals surface area contributed by atoms with Crippen LogP contribution in [0.1, 0.15) is 29.8 Å². The molecule has 2 aromatic rings. The number of rotatable bonds is 7. The van der Waals surface area contributed by atoms with Crippen molar-refractivity contribution in [2.75, 3.05) is 18.5 Å². The monoisotopic (exact) mass is 413 g/mol. The van der Waals surface area contributed by atoms with Gasteiger partial charge in [0.25, 0.3) is 5.91 Å². The van der Waals surface area contributed by atoms with E-state index in [-0.39, 0.29) is 42.1 Å². The first-order valence-electron chi connectivity index (χ1n) is 8.62. The minimum absolute atomic E-state index is 0.0185. The Balaban J connectivity index is 1.87. The summed E-state index contributed by atoms with van der Waals surface area (Å²) in [4.78, 5) is 27.8. The van der Waals surface area contributed by atoms with E-state index in [2.05, 4.69) is 15.6 Å². The van der Waals surface area contributed by atoms with Crippen LogP contribution in [0.15, 0.2) is 36.5 Å². The molecular formula is C19H19F4N3O3. The summed E-state index contributed by atoms with van der Waals surface area (Å²) in [6, 6.07) is 4.77. The molecular weight excluding hydrogens is 394 g/mol. The summed E-state index contributed by atoms with van der Waals surface area (Å²) in [6.45, 7) is 3.25. The van der Waals surface area contributed by atoms with E-state index in [1.165, 1.54) is 18.3 Å². The number of halogens is 4. The molecule has 0 unspecified atom stereocenters. The van der Waals surface area contributed by atoms with E-state index >= 15 is 0 Å². The highest BCUT2D eigenvalue weighted by molar-refractivity contribution is 5.96. The first kappa shape index (κ1) is 22.1. The molecule has 1 aromatic carbocycles. The van der Waals surface area contributed by atoms with Crippen molar-refractivity contribution in [1.82, 2.24) is 10.3 Å². The van der Waals surface area contributed by atoms with Crippen LogP contribution in [-0.4, -0.2) is 29.9 Å². The van der Waals surface area contributed by atoms with Gasteiger partial charge in [-0.25, -0.2) is 9.37 Å². The summed E-state index contributed by atoms with van der Waals surface area (Å²) in [7, 11) is 0. The third-order valence-electron chi connectivity index (χ3n) is 3.70. The average Bonchev–Trinajstić information content (AvgIpc) is 2.65. The van der Waals surface area contributed by atoms with Crippen molar-refractivity contribution in [2.45, 2.75) is 20.0 Å². The average molecular weight is 413 g/mol. The van der Waals surface area contributed by atoms with Gasteiger partial charge < -0.3 is 15.4 Å². The fraction of sp³-hybridized carbons (Fsp3) is 0.316. The Morgan fingerprint density at radius 2 is 1.90 bits per heavy atom. The summed E-state index contributed by atoms with van der Waals surface area (Å²) in [6.07, 6.45) is -3.29. The number of benzene rings is 1. The lowest BCUT2D eigenvalue weighted by atomic mass is 10.2. The molecule has 2 rings (SSSR count). The Labute approximate surface area is 164 Å². The number of alkyl halides is 3. The Morgan fingerprint density at radius 1 is 1.17 bits per heavy atom. The van der Waals surface area contributed by atoms with Crippen LogP contribution in [0, 0.1) is 11.7 Å². The largest absolute Gasteiger partial charge is 0.489 e. The van der Waals surface area contributed by atoms with Gasteiger partial charge >= 0.3 is 6.18 Å². The fourth-order valence-corrected chi connectivity index (χ4v) is 2.13. The van der Waals surface area contributed by atoms with Crippen LogP contribution in [0.3, 0.4) is 0 Å². The van der Waals surface area contributed by atoms with Gasteiger partial charge in [-0.2, -0.15) is 13.2 Å². The van der Waals surface area contributed by atoms with Gasteiger partial charge in [0.1, 0.15) is 12.4 Å². The molecule has 10 heteroatoms. The second-order valence-electron chi connectivity index (χ2n) is 6.32. The molecule has 0 atom stereocenters. The molecule has 156 valence electrons. The molecule has 1 heterocycles. The zero-order valence-corrected chi connectivity index (χ0v) is 15.6. The second-order valence-corrected chi connectivity index (χ2v) is 6.32. The van der Waals surface area contributed by atoms with Gasteiger partial charge in [0.05, 0.1) is 12.1 Å². The van der Waals surface area contributed by atoms with Gasteiger partial charge in [-0.05, 0) is 30.3 Å². The fourth-order valence-electron chi connectivity index (χ4n) is 2.13. The van der Waals surface area contributed by atoms with Crippen molar-refractivity contribution in [3.8, 4) is 5.75 Å². The third kappa shape index (κ3) is 6.44. The summed E-state index contributed by atoms with van der Waals surface area (Å²) >= 11 is 0. The quantitative estimate of drug-likeness (QED) is 0.537. The number of hydrogen-bond donors (Lipinski definition) is 2. The van der Waals surface area contributed by atoms with E-state index < -0.39 is 23.5 Å². The maximum Gasteiger partial charge on any atom is 0.416 e. The first-order valence-corrected chi connectivity index (χ1v) is 8.62. The van der Waals surface area contributed by atoms with Crippen LogP contribution in [-0.2, 0) is 11.0 Å². The minimum Gasteiger partial charge on any atom is -0.489 e. The number of amides is 2. The number of ether oxygens (including phenoxy) is 1. The van der Waals surface area contributed by atoms with Crippen LogP contribution in [0.25, 0.3) is 0 Å². The molecule has 0 saturated heterocycles. The summed E-state index contributed by atoms with van der Waals surface area (Å²) in [5.74, 6) is -2.26. The highest BCUT2D eigenvalue weighted by Gasteiger charge is 2.31. The zero-order valence-electron chi connectivity index (χ0n) is 15.6. The Morgan fingerprint density at radius 3 is 2.52 bits per heavy atom. The first-order chi connectivity index (χ1) is 13.6. The van der Waals surface area contributed by atoms with Crippen molar-refractivity contribution >= 4 is 17.6 Å². The standard InChI is InChI=1S/C19H19F4N3O3/c1-11(2)17(27)26-16-9-12(5-6-24-16)18(28)25-7-8-29-15-4-3-13(10-14(15)20)19(21,22)23/h3-6,9-11H,7-8H2,1-2H3,(H,25,28)(H,24,26,27). The summed E-state index contributed by atoms with van der Waals surface area (Å²) < 4.78 is 56.3. The third-order valence-corrected chi connectivity index (χ3v) is 3.70. The molecule has 0 spiro atoms. The molecule has 2 amide bonds. The van der Waals surface area contributed by atoms with Crippen molar-refractivity contribution in [3.63, 3.8) is 0 Å². The maximum absolute atomic E-state index is 13.7. The van der Waals surface area contributed by atoms with Gasteiger partial charge in [0.2, 0.25) is 5.91 Å². The summed E-state index contributed by atoms with van der Waals surface area (Å²) in [5.41, 5.74) is -0.881. The molecule has 0 saturated carbocycles. The lowest BCUT2D eigenvalue weighted by molar-refractivity contribution is -0.137. The zero-order chi connectivity index (χ0) is 21.6. The van der Waals surface area contributed by atoms with Crippen LogP contribution >= 0.6 is 0 Å². The van der Waals surface area contributed by atoms with Gasteiger partial charge in [-0.3, -0.25) is 9.59 Å².